The zero-order valence-corrected chi connectivity index (χ0v) is 16.4. The summed E-state index contributed by atoms with van der Waals surface area (Å²) < 4.78 is 5.39. The van der Waals surface area contributed by atoms with Crippen LogP contribution in [0.15, 0.2) is 60.8 Å². The number of halogens is 1. The SMILES string of the molecule is O=C(Nc1ccc(Nc2cc(N3CCOCC3)cnn2)cc1)c1ccc(Cl)cc1. The second-order valence-electron chi connectivity index (χ2n) is 6.56. The molecular weight excluding hydrogens is 390 g/mol. The third kappa shape index (κ3) is 5.01. The minimum atomic E-state index is -0.188. The number of rotatable bonds is 5. The Morgan fingerprint density at radius 3 is 2.41 bits per heavy atom. The van der Waals surface area contributed by atoms with Crippen molar-refractivity contribution in [2.75, 3.05) is 41.8 Å². The van der Waals surface area contributed by atoms with Crippen molar-refractivity contribution in [3.63, 3.8) is 0 Å². The third-order valence-electron chi connectivity index (χ3n) is 4.54. The molecule has 1 aliphatic heterocycles. The van der Waals surface area contributed by atoms with Crippen molar-refractivity contribution in [1.82, 2.24) is 10.2 Å². The largest absolute Gasteiger partial charge is 0.378 e. The number of nitrogens with zero attached hydrogens (tertiary/aromatic N) is 3. The molecule has 0 bridgehead atoms. The minimum absolute atomic E-state index is 0.188. The zero-order chi connectivity index (χ0) is 20.1. The quantitative estimate of drug-likeness (QED) is 0.664. The monoisotopic (exact) mass is 409 g/mol. The average molecular weight is 410 g/mol. The molecule has 4 rings (SSSR count). The number of anilines is 4. The summed E-state index contributed by atoms with van der Waals surface area (Å²) in [5.74, 6) is 0.471. The van der Waals surface area contributed by atoms with Gasteiger partial charge in [0.25, 0.3) is 5.91 Å². The molecule has 0 radical (unpaired) electrons. The summed E-state index contributed by atoms with van der Waals surface area (Å²) in [6, 6.07) is 16.1. The van der Waals surface area contributed by atoms with Gasteiger partial charge in [-0.25, -0.2) is 0 Å². The molecule has 7 nitrogen and oxygen atoms in total. The van der Waals surface area contributed by atoms with E-state index in [1.54, 1.807) is 30.5 Å². The number of ether oxygens (including phenoxy) is 1. The molecule has 1 saturated heterocycles. The fourth-order valence-corrected chi connectivity index (χ4v) is 3.13. The third-order valence-corrected chi connectivity index (χ3v) is 4.79. The Hall–Kier alpha value is -3.16. The smallest absolute Gasteiger partial charge is 0.255 e. The molecule has 1 fully saturated rings. The predicted molar refractivity (Wildman–Crippen MR) is 114 cm³/mol. The molecule has 0 aliphatic carbocycles. The maximum Gasteiger partial charge on any atom is 0.255 e. The van der Waals surface area contributed by atoms with E-state index >= 15 is 0 Å². The lowest BCUT2D eigenvalue weighted by atomic mass is 10.2. The Labute approximate surface area is 173 Å². The van der Waals surface area contributed by atoms with E-state index in [1.807, 2.05) is 30.3 Å². The lowest BCUT2D eigenvalue weighted by Gasteiger charge is -2.28. The summed E-state index contributed by atoms with van der Waals surface area (Å²) in [5, 5.41) is 14.9. The van der Waals surface area contributed by atoms with Crippen LogP contribution in [0.2, 0.25) is 5.02 Å². The fourth-order valence-electron chi connectivity index (χ4n) is 3.00. The number of hydrogen-bond donors (Lipinski definition) is 2. The number of hydrogen-bond acceptors (Lipinski definition) is 6. The Morgan fingerprint density at radius 1 is 1.00 bits per heavy atom. The van der Waals surface area contributed by atoms with Crippen molar-refractivity contribution in [3.8, 4) is 0 Å². The lowest BCUT2D eigenvalue weighted by Crippen LogP contribution is -2.36. The zero-order valence-electron chi connectivity index (χ0n) is 15.6. The van der Waals surface area contributed by atoms with Crippen molar-refractivity contribution in [2.24, 2.45) is 0 Å². The van der Waals surface area contributed by atoms with E-state index in [-0.39, 0.29) is 5.91 Å². The maximum absolute atomic E-state index is 12.3. The van der Waals surface area contributed by atoms with E-state index in [4.69, 9.17) is 16.3 Å². The van der Waals surface area contributed by atoms with E-state index in [2.05, 4.69) is 25.7 Å². The van der Waals surface area contributed by atoms with Gasteiger partial charge in [-0.15, -0.1) is 5.10 Å². The second kappa shape index (κ2) is 8.89. The number of amides is 1. The molecule has 8 heteroatoms. The first-order chi connectivity index (χ1) is 14.2. The first-order valence-electron chi connectivity index (χ1n) is 9.27. The van der Waals surface area contributed by atoms with Crippen LogP contribution in [-0.2, 0) is 4.74 Å². The average Bonchev–Trinajstić information content (AvgIpc) is 2.76. The molecule has 2 heterocycles. The highest BCUT2D eigenvalue weighted by molar-refractivity contribution is 6.30. The van der Waals surface area contributed by atoms with Gasteiger partial charge >= 0.3 is 0 Å². The molecule has 1 amide bonds. The molecule has 1 aromatic heterocycles. The predicted octanol–water partition coefficient (Wildman–Crippen LogP) is 3.96. The van der Waals surface area contributed by atoms with Crippen LogP contribution in [0.3, 0.4) is 0 Å². The topological polar surface area (TPSA) is 79.4 Å². The van der Waals surface area contributed by atoms with Gasteiger partial charge in [-0.1, -0.05) is 11.6 Å². The van der Waals surface area contributed by atoms with Gasteiger partial charge in [0.1, 0.15) is 0 Å². The van der Waals surface area contributed by atoms with Gasteiger partial charge in [0.2, 0.25) is 0 Å². The van der Waals surface area contributed by atoms with Crippen molar-refractivity contribution < 1.29 is 9.53 Å². The van der Waals surface area contributed by atoms with Crippen LogP contribution < -0.4 is 15.5 Å². The number of carbonyl (C=O) groups is 1. The summed E-state index contributed by atoms with van der Waals surface area (Å²) in [7, 11) is 0. The van der Waals surface area contributed by atoms with E-state index in [1.165, 1.54) is 0 Å². The number of carbonyl (C=O) groups excluding carboxylic acids is 1. The van der Waals surface area contributed by atoms with Crippen LogP contribution in [0.5, 0.6) is 0 Å². The Balaban J connectivity index is 1.39. The first-order valence-corrected chi connectivity index (χ1v) is 9.65. The molecular formula is C21H20ClN5O2. The molecule has 2 N–H and O–H groups in total. The molecule has 0 saturated carbocycles. The molecule has 0 atom stereocenters. The van der Waals surface area contributed by atoms with Gasteiger partial charge in [0, 0.05) is 41.1 Å². The van der Waals surface area contributed by atoms with Crippen molar-refractivity contribution in [1.29, 1.82) is 0 Å². The van der Waals surface area contributed by atoms with Gasteiger partial charge in [-0.2, -0.15) is 5.10 Å². The van der Waals surface area contributed by atoms with Crippen molar-refractivity contribution in [3.05, 3.63) is 71.4 Å². The van der Waals surface area contributed by atoms with Crippen molar-refractivity contribution >= 4 is 40.4 Å². The van der Waals surface area contributed by atoms with Gasteiger partial charge in [0.15, 0.2) is 5.82 Å². The lowest BCUT2D eigenvalue weighted by molar-refractivity contribution is 0.102. The number of benzene rings is 2. The molecule has 1 aliphatic rings. The normalized spacial score (nSPS) is 13.8. The first kappa shape index (κ1) is 19.2. The van der Waals surface area contributed by atoms with Crippen LogP contribution in [0.1, 0.15) is 10.4 Å². The Morgan fingerprint density at radius 2 is 1.69 bits per heavy atom. The van der Waals surface area contributed by atoms with Gasteiger partial charge < -0.3 is 20.3 Å². The fraction of sp³-hybridized carbons (Fsp3) is 0.190. The number of aromatic nitrogens is 2. The highest BCUT2D eigenvalue weighted by atomic mass is 35.5. The second-order valence-corrected chi connectivity index (χ2v) is 7.00. The summed E-state index contributed by atoms with van der Waals surface area (Å²) >= 11 is 5.86. The van der Waals surface area contributed by atoms with Crippen LogP contribution >= 0.6 is 11.6 Å². The van der Waals surface area contributed by atoms with Gasteiger partial charge in [-0.05, 0) is 48.5 Å². The molecule has 0 spiro atoms. The summed E-state index contributed by atoms with van der Waals surface area (Å²) in [5.41, 5.74) is 3.11. The minimum Gasteiger partial charge on any atom is -0.378 e. The van der Waals surface area contributed by atoms with Crippen molar-refractivity contribution in [2.45, 2.75) is 0 Å². The molecule has 0 unspecified atom stereocenters. The van der Waals surface area contributed by atoms with E-state index in [9.17, 15) is 4.79 Å². The maximum atomic E-state index is 12.3. The van der Waals surface area contributed by atoms with Gasteiger partial charge in [0.05, 0.1) is 25.1 Å². The summed E-state index contributed by atoms with van der Waals surface area (Å²) in [6.45, 7) is 3.11. The number of nitrogens with one attached hydrogen (secondary N) is 2. The molecule has 148 valence electrons. The highest BCUT2D eigenvalue weighted by Crippen LogP contribution is 2.22. The van der Waals surface area contributed by atoms with Crippen LogP contribution in [0.4, 0.5) is 22.9 Å². The van der Waals surface area contributed by atoms with Crippen LogP contribution in [-0.4, -0.2) is 42.4 Å². The Kier molecular flexibility index (Phi) is 5.88. The van der Waals surface area contributed by atoms with E-state index < -0.39 is 0 Å². The Bertz CT molecular complexity index is 973. The standard InChI is InChI=1S/C21H20ClN5O2/c22-16-3-1-15(2-4-16)21(28)25-18-7-5-17(6-8-18)24-20-13-19(14-23-26-20)27-9-11-29-12-10-27/h1-8,13-14H,9-12H2,(H,24,26)(H,25,28). The van der Waals surface area contributed by atoms with E-state index in [0.717, 1.165) is 24.5 Å². The molecule has 29 heavy (non-hydrogen) atoms. The molecule has 3 aromatic rings. The summed E-state index contributed by atoms with van der Waals surface area (Å²) in [6.07, 6.45) is 1.76. The highest BCUT2D eigenvalue weighted by Gasteiger charge is 2.12. The summed E-state index contributed by atoms with van der Waals surface area (Å²) in [4.78, 5) is 14.5. The molecule has 2 aromatic carbocycles. The van der Waals surface area contributed by atoms with E-state index in [0.29, 0.717) is 35.3 Å². The van der Waals surface area contributed by atoms with Gasteiger partial charge in [-0.3, -0.25) is 4.79 Å². The van der Waals surface area contributed by atoms with Crippen LogP contribution in [0, 0.1) is 0 Å². The van der Waals surface area contributed by atoms with Crippen LogP contribution in [0.25, 0.3) is 0 Å². The number of morpholine rings is 1.